The van der Waals surface area contributed by atoms with Gasteiger partial charge in [-0.2, -0.15) is 0 Å². The maximum absolute atomic E-state index is 11.7. The average molecular weight is 383 g/mol. The van der Waals surface area contributed by atoms with E-state index in [-0.39, 0.29) is 18.4 Å². The van der Waals surface area contributed by atoms with Gasteiger partial charge in [0.1, 0.15) is 17.6 Å². The van der Waals surface area contributed by atoms with Crippen LogP contribution in [0.15, 0.2) is 18.2 Å². The number of carbonyl (C=O) groups excluding carboxylic acids is 1. The second-order valence-electron chi connectivity index (χ2n) is 6.68. The van der Waals surface area contributed by atoms with Crippen molar-refractivity contribution in [1.82, 2.24) is 10.6 Å². The summed E-state index contributed by atoms with van der Waals surface area (Å²) in [6.07, 6.45) is 9.00. The van der Waals surface area contributed by atoms with Crippen molar-refractivity contribution in [1.29, 1.82) is 0 Å². The number of ether oxygens (including phenoxy) is 2. The van der Waals surface area contributed by atoms with E-state index in [2.05, 4.69) is 28.4 Å². The number of terminal acetylenes is 1. The minimum atomic E-state index is -0.647. The van der Waals surface area contributed by atoms with Crippen molar-refractivity contribution in [2.24, 2.45) is 5.73 Å². The molecule has 150 valence electrons. The van der Waals surface area contributed by atoms with Gasteiger partial charge in [0.15, 0.2) is 0 Å². The summed E-state index contributed by atoms with van der Waals surface area (Å²) < 4.78 is 11.5. The molecule has 1 aliphatic rings. The quantitative estimate of drug-likeness (QED) is 0.467. The zero-order valence-corrected chi connectivity index (χ0v) is 16.4. The number of rotatable bonds is 8. The first-order chi connectivity index (χ1) is 13.6. The Morgan fingerprint density at radius 1 is 1.36 bits per heavy atom. The lowest BCUT2D eigenvalue weighted by atomic mass is 10.1. The predicted molar refractivity (Wildman–Crippen MR) is 110 cm³/mol. The van der Waals surface area contributed by atoms with Gasteiger partial charge in [0.25, 0.3) is 0 Å². The molecule has 6 heteroatoms. The molecule has 1 amide bonds. The third kappa shape index (κ3) is 7.52. The third-order valence-electron chi connectivity index (χ3n) is 4.39. The van der Waals surface area contributed by atoms with Gasteiger partial charge in [-0.05, 0) is 44.5 Å². The van der Waals surface area contributed by atoms with Crippen molar-refractivity contribution in [3.8, 4) is 35.7 Å². The van der Waals surface area contributed by atoms with Gasteiger partial charge in [0.2, 0.25) is 5.91 Å². The normalized spacial score (nSPS) is 14.9. The molecule has 4 N–H and O–H groups in total. The van der Waals surface area contributed by atoms with E-state index in [1.807, 2.05) is 18.2 Å². The van der Waals surface area contributed by atoms with E-state index in [1.165, 1.54) is 0 Å². The number of nitrogens with one attached hydrogen (secondary N) is 2. The Bertz CT molecular complexity index is 740. The standard InChI is InChI=1S/C22H29N3O3/c1-3-7-21(23)22(26)25-11-6-4-5-8-17-14-19(27-2)16-20(15-17)28-18-9-12-24-13-10-18/h1,14-16,18,21,24H,4,6-7,9-13,23H2,2H3,(H,25,26)/t21-/m0/s1. The Hall–Kier alpha value is -2.67. The van der Waals surface area contributed by atoms with Crippen molar-refractivity contribution < 1.29 is 14.3 Å². The summed E-state index contributed by atoms with van der Waals surface area (Å²) in [6.45, 7) is 2.48. The van der Waals surface area contributed by atoms with Crippen LogP contribution < -0.4 is 25.8 Å². The summed E-state index contributed by atoms with van der Waals surface area (Å²) in [4.78, 5) is 11.7. The zero-order chi connectivity index (χ0) is 20.2. The van der Waals surface area contributed by atoms with E-state index in [0.717, 1.165) is 49.4 Å². The predicted octanol–water partition coefficient (Wildman–Crippen LogP) is 1.42. The fourth-order valence-corrected chi connectivity index (χ4v) is 2.84. The highest BCUT2D eigenvalue weighted by atomic mass is 16.5. The Labute approximate surface area is 167 Å². The Morgan fingerprint density at radius 2 is 2.11 bits per heavy atom. The Balaban J connectivity index is 1.83. The van der Waals surface area contributed by atoms with Gasteiger partial charge in [-0.3, -0.25) is 4.79 Å². The molecule has 28 heavy (non-hydrogen) atoms. The number of piperidine rings is 1. The molecule has 0 saturated carbocycles. The van der Waals surface area contributed by atoms with Crippen LogP contribution in [0.3, 0.4) is 0 Å². The van der Waals surface area contributed by atoms with Crippen molar-refractivity contribution in [3.05, 3.63) is 23.8 Å². The molecule has 6 nitrogen and oxygen atoms in total. The first-order valence-corrected chi connectivity index (χ1v) is 9.64. The van der Waals surface area contributed by atoms with E-state index in [0.29, 0.717) is 13.0 Å². The van der Waals surface area contributed by atoms with Crippen molar-refractivity contribution >= 4 is 5.91 Å². The zero-order valence-electron chi connectivity index (χ0n) is 16.4. The van der Waals surface area contributed by atoms with E-state index >= 15 is 0 Å². The smallest absolute Gasteiger partial charge is 0.237 e. The van der Waals surface area contributed by atoms with Crippen LogP contribution in [0.1, 0.15) is 37.7 Å². The molecule has 0 unspecified atom stereocenters. The van der Waals surface area contributed by atoms with Gasteiger partial charge >= 0.3 is 0 Å². The number of hydrogen-bond donors (Lipinski definition) is 3. The summed E-state index contributed by atoms with van der Waals surface area (Å²) in [6, 6.07) is 5.08. The van der Waals surface area contributed by atoms with Crippen LogP contribution in [0.2, 0.25) is 0 Å². The minimum Gasteiger partial charge on any atom is -0.497 e. The van der Waals surface area contributed by atoms with E-state index in [9.17, 15) is 4.79 Å². The largest absolute Gasteiger partial charge is 0.497 e. The molecule has 2 rings (SSSR count). The van der Waals surface area contributed by atoms with Crippen molar-refractivity contribution in [2.45, 2.75) is 44.2 Å². The second kappa shape index (κ2) is 11.9. The van der Waals surface area contributed by atoms with Crippen LogP contribution in [0.4, 0.5) is 0 Å². The lowest BCUT2D eigenvalue weighted by Crippen LogP contribution is -2.40. The lowest BCUT2D eigenvalue weighted by Gasteiger charge is -2.24. The number of unbranched alkanes of at least 4 members (excludes halogenated alkanes) is 1. The van der Waals surface area contributed by atoms with Gasteiger partial charge in [-0.1, -0.05) is 11.8 Å². The Kier molecular flexibility index (Phi) is 9.21. The summed E-state index contributed by atoms with van der Waals surface area (Å²) in [5.41, 5.74) is 6.49. The molecule has 0 aromatic heterocycles. The monoisotopic (exact) mass is 383 g/mol. The molecule has 0 spiro atoms. The van der Waals surface area contributed by atoms with E-state index in [1.54, 1.807) is 7.11 Å². The van der Waals surface area contributed by atoms with Crippen LogP contribution >= 0.6 is 0 Å². The Morgan fingerprint density at radius 3 is 2.82 bits per heavy atom. The van der Waals surface area contributed by atoms with Gasteiger partial charge in [-0.15, -0.1) is 12.3 Å². The molecule has 1 aliphatic heterocycles. The second-order valence-corrected chi connectivity index (χ2v) is 6.68. The summed E-state index contributed by atoms with van der Waals surface area (Å²) in [5, 5.41) is 6.10. The molecule has 1 aromatic carbocycles. The number of benzene rings is 1. The fraction of sp³-hybridized carbons (Fsp3) is 0.500. The van der Waals surface area contributed by atoms with Crippen molar-refractivity contribution in [2.75, 3.05) is 26.7 Å². The number of nitrogens with two attached hydrogens (primary N) is 1. The fourth-order valence-electron chi connectivity index (χ4n) is 2.84. The van der Waals surface area contributed by atoms with Gasteiger partial charge in [-0.25, -0.2) is 0 Å². The summed E-state index contributed by atoms with van der Waals surface area (Å²) in [5.74, 6) is 9.94. The van der Waals surface area contributed by atoms with Crippen LogP contribution in [0.25, 0.3) is 0 Å². The van der Waals surface area contributed by atoms with Crippen LogP contribution in [0.5, 0.6) is 11.5 Å². The maximum atomic E-state index is 11.7. The number of methoxy groups -OCH3 is 1. The van der Waals surface area contributed by atoms with E-state index < -0.39 is 6.04 Å². The molecule has 1 heterocycles. The van der Waals surface area contributed by atoms with Crippen LogP contribution in [-0.4, -0.2) is 44.8 Å². The highest BCUT2D eigenvalue weighted by Gasteiger charge is 2.15. The highest BCUT2D eigenvalue weighted by molar-refractivity contribution is 5.81. The minimum absolute atomic E-state index is 0.221. The third-order valence-corrected chi connectivity index (χ3v) is 4.39. The highest BCUT2D eigenvalue weighted by Crippen LogP contribution is 2.24. The van der Waals surface area contributed by atoms with Crippen LogP contribution in [0, 0.1) is 24.2 Å². The molecule has 1 atom stereocenters. The number of carbonyl (C=O) groups is 1. The number of amides is 1. The first kappa shape index (κ1) is 21.6. The van der Waals surface area contributed by atoms with Gasteiger partial charge < -0.3 is 25.8 Å². The number of hydrogen-bond acceptors (Lipinski definition) is 5. The molecule has 0 radical (unpaired) electrons. The van der Waals surface area contributed by atoms with Crippen molar-refractivity contribution in [3.63, 3.8) is 0 Å². The maximum Gasteiger partial charge on any atom is 0.237 e. The summed E-state index contributed by atoms with van der Waals surface area (Å²) in [7, 11) is 1.63. The van der Waals surface area contributed by atoms with Gasteiger partial charge in [0.05, 0.1) is 13.2 Å². The van der Waals surface area contributed by atoms with Gasteiger partial charge in [0, 0.05) is 31.0 Å². The summed E-state index contributed by atoms with van der Waals surface area (Å²) >= 11 is 0. The molecule has 0 bridgehead atoms. The lowest BCUT2D eigenvalue weighted by molar-refractivity contribution is -0.122. The molecular weight excluding hydrogens is 354 g/mol. The SMILES string of the molecule is C#CC[C@H](N)C(=O)NCCCC#Cc1cc(OC)cc(OC2CCNCC2)c1. The molecular formula is C22H29N3O3. The topological polar surface area (TPSA) is 85.6 Å². The molecule has 0 aliphatic carbocycles. The molecule has 1 fully saturated rings. The molecule has 1 aromatic rings. The molecule has 1 saturated heterocycles. The first-order valence-electron chi connectivity index (χ1n) is 9.64. The van der Waals surface area contributed by atoms with Crippen LogP contribution in [-0.2, 0) is 4.79 Å². The van der Waals surface area contributed by atoms with E-state index in [4.69, 9.17) is 21.6 Å². The average Bonchev–Trinajstić information content (AvgIpc) is 2.71.